The smallest absolute Gasteiger partial charge is 0.277 e. The molecule has 2 aromatic rings. The van der Waals surface area contributed by atoms with Crippen molar-refractivity contribution in [3.63, 3.8) is 0 Å². The summed E-state index contributed by atoms with van der Waals surface area (Å²) >= 11 is 0. The summed E-state index contributed by atoms with van der Waals surface area (Å²) in [4.78, 5) is 23.2. The van der Waals surface area contributed by atoms with Gasteiger partial charge in [0.25, 0.3) is 5.91 Å². The van der Waals surface area contributed by atoms with Crippen LogP contribution in [-0.2, 0) is 0 Å². The third-order valence-electron chi connectivity index (χ3n) is 1.79. The molecule has 1 amide bonds. The molecule has 0 aliphatic carbocycles. The van der Waals surface area contributed by atoms with E-state index in [4.69, 9.17) is 5.73 Å². The Bertz CT molecular complexity index is 500. The summed E-state index contributed by atoms with van der Waals surface area (Å²) in [6.45, 7) is 0. The molecule has 0 atom stereocenters. The van der Waals surface area contributed by atoms with Crippen molar-refractivity contribution in [2.75, 3.05) is 11.1 Å². The van der Waals surface area contributed by atoms with Gasteiger partial charge in [0.05, 0.1) is 12.4 Å². The first kappa shape index (κ1) is 10.0. The molecule has 0 saturated carbocycles. The average Bonchev–Trinajstić information content (AvgIpc) is 2.30. The number of anilines is 2. The van der Waals surface area contributed by atoms with Crippen LogP contribution in [0.3, 0.4) is 0 Å². The fourth-order valence-electron chi connectivity index (χ4n) is 1.11. The maximum atomic E-state index is 11.7. The molecule has 0 fully saturated rings. The highest BCUT2D eigenvalue weighted by Crippen LogP contribution is 2.03. The number of pyridine rings is 1. The molecule has 80 valence electrons. The Hall–Kier alpha value is -2.50. The second-order valence-corrected chi connectivity index (χ2v) is 3.00. The molecule has 16 heavy (non-hydrogen) atoms. The van der Waals surface area contributed by atoms with Crippen LogP contribution in [0.5, 0.6) is 0 Å². The molecule has 2 aromatic heterocycles. The van der Waals surface area contributed by atoms with Crippen molar-refractivity contribution in [1.82, 2.24) is 15.0 Å². The van der Waals surface area contributed by atoms with E-state index in [1.165, 1.54) is 12.4 Å². The van der Waals surface area contributed by atoms with Gasteiger partial charge in [-0.3, -0.25) is 9.78 Å². The number of carbonyl (C=O) groups is 1. The number of nitrogens with zero attached hydrogens (tertiary/aromatic N) is 3. The standard InChI is InChI=1S/C10H9N5O/c11-8-6-12-5-7(14-8)10(16)15-9-3-1-2-4-13-9/h1-6H,(H2,11,14)(H,13,15,16). The maximum Gasteiger partial charge on any atom is 0.277 e. The second-order valence-electron chi connectivity index (χ2n) is 3.00. The predicted octanol–water partition coefficient (Wildman–Crippen LogP) is 0.706. The van der Waals surface area contributed by atoms with Crippen molar-refractivity contribution in [3.8, 4) is 0 Å². The average molecular weight is 215 g/mol. The SMILES string of the molecule is Nc1cncc(C(=O)Nc2ccccn2)n1. The topological polar surface area (TPSA) is 93.8 Å². The Kier molecular flexibility index (Phi) is 2.73. The molecule has 0 spiro atoms. The number of carbonyl (C=O) groups excluding carboxylic acids is 1. The Morgan fingerprint density at radius 2 is 2.19 bits per heavy atom. The van der Waals surface area contributed by atoms with Crippen LogP contribution in [0.4, 0.5) is 11.6 Å². The van der Waals surface area contributed by atoms with Crippen LogP contribution in [0.2, 0.25) is 0 Å². The fourth-order valence-corrected chi connectivity index (χ4v) is 1.11. The normalized spacial score (nSPS) is 9.75. The van der Waals surface area contributed by atoms with Crippen molar-refractivity contribution in [2.45, 2.75) is 0 Å². The minimum Gasteiger partial charge on any atom is -0.382 e. The molecular formula is C10H9N5O. The van der Waals surface area contributed by atoms with Gasteiger partial charge in [0.15, 0.2) is 0 Å². The van der Waals surface area contributed by atoms with Crippen LogP contribution in [-0.4, -0.2) is 20.9 Å². The summed E-state index contributed by atoms with van der Waals surface area (Å²) in [5.41, 5.74) is 5.58. The summed E-state index contributed by atoms with van der Waals surface area (Å²) in [6, 6.07) is 5.21. The van der Waals surface area contributed by atoms with Crippen LogP contribution in [0.25, 0.3) is 0 Å². The maximum absolute atomic E-state index is 11.7. The molecule has 0 unspecified atom stereocenters. The Balaban J connectivity index is 2.15. The van der Waals surface area contributed by atoms with Gasteiger partial charge in [-0.15, -0.1) is 0 Å². The summed E-state index contributed by atoms with van der Waals surface area (Å²) in [6.07, 6.45) is 4.30. The first-order valence-electron chi connectivity index (χ1n) is 4.55. The van der Waals surface area contributed by atoms with Gasteiger partial charge in [0, 0.05) is 6.20 Å². The lowest BCUT2D eigenvalue weighted by Gasteiger charge is -2.02. The minimum absolute atomic E-state index is 0.158. The zero-order valence-electron chi connectivity index (χ0n) is 8.29. The van der Waals surface area contributed by atoms with Gasteiger partial charge in [-0.25, -0.2) is 9.97 Å². The number of nitrogens with one attached hydrogen (secondary N) is 1. The van der Waals surface area contributed by atoms with Crippen LogP contribution >= 0.6 is 0 Å². The molecule has 2 heterocycles. The minimum atomic E-state index is -0.390. The molecule has 2 rings (SSSR count). The predicted molar refractivity (Wildman–Crippen MR) is 58.6 cm³/mol. The van der Waals surface area contributed by atoms with Crippen molar-refractivity contribution in [2.24, 2.45) is 0 Å². The molecule has 0 aliphatic rings. The number of rotatable bonds is 2. The lowest BCUT2D eigenvalue weighted by Crippen LogP contribution is -2.15. The van der Waals surface area contributed by atoms with Gasteiger partial charge in [-0.2, -0.15) is 0 Å². The quantitative estimate of drug-likeness (QED) is 0.769. The Morgan fingerprint density at radius 3 is 2.88 bits per heavy atom. The number of amides is 1. The van der Waals surface area contributed by atoms with Crippen molar-refractivity contribution >= 4 is 17.5 Å². The lowest BCUT2D eigenvalue weighted by atomic mass is 10.4. The van der Waals surface area contributed by atoms with Gasteiger partial charge in [0.1, 0.15) is 17.3 Å². The first-order chi connectivity index (χ1) is 7.75. The first-order valence-corrected chi connectivity index (χ1v) is 4.55. The summed E-state index contributed by atoms with van der Waals surface area (Å²) in [5.74, 6) is 0.267. The third-order valence-corrected chi connectivity index (χ3v) is 1.79. The van der Waals surface area contributed by atoms with Crippen LogP contribution in [0, 0.1) is 0 Å². The Labute approximate surface area is 91.6 Å². The van der Waals surface area contributed by atoms with Gasteiger partial charge >= 0.3 is 0 Å². The molecule has 6 nitrogen and oxygen atoms in total. The van der Waals surface area contributed by atoms with Crippen molar-refractivity contribution < 1.29 is 4.79 Å². The van der Waals surface area contributed by atoms with Crippen LogP contribution in [0.1, 0.15) is 10.5 Å². The molecule has 0 radical (unpaired) electrons. The van der Waals surface area contributed by atoms with Crippen LogP contribution in [0.15, 0.2) is 36.8 Å². The van der Waals surface area contributed by atoms with E-state index in [1.54, 1.807) is 24.4 Å². The number of nitrogens with two attached hydrogens (primary N) is 1. The van der Waals surface area contributed by atoms with Gasteiger partial charge < -0.3 is 11.1 Å². The van der Waals surface area contributed by atoms with E-state index in [1.807, 2.05) is 0 Å². The summed E-state index contributed by atoms with van der Waals surface area (Å²) in [7, 11) is 0. The zero-order valence-corrected chi connectivity index (χ0v) is 8.29. The number of hydrogen-bond acceptors (Lipinski definition) is 5. The van der Waals surface area contributed by atoms with Crippen molar-refractivity contribution in [1.29, 1.82) is 0 Å². The van der Waals surface area contributed by atoms with Crippen molar-refractivity contribution in [3.05, 3.63) is 42.5 Å². The lowest BCUT2D eigenvalue weighted by molar-refractivity contribution is 0.102. The van der Waals surface area contributed by atoms with Gasteiger partial charge in [-0.1, -0.05) is 6.07 Å². The summed E-state index contributed by atoms with van der Waals surface area (Å²) in [5, 5.41) is 2.58. The zero-order chi connectivity index (χ0) is 11.4. The molecular weight excluding hydrogens is 206 g/mol. The Morgan fingerprint density at radius 1 is 1.31 bits per heavy atom. The van der Waals surface area contributed by atoms with E-state index in [0.717, 1.165) is 0 Å². The van der Waals surface area contributed by atoms with E-state index in [0.29, 0.717) is 5.82 Å². The number of nitrogen functional groups attached to an aromatic ring is 1. The highest BCUT2D eigenvalue weighted by atomic mass is 16.1. The van der Waals surface area contributed by atoms with Gasteiger partial charge in [0.2, 0.25) is 0 Å². The van der Waals surface area contributed by atoms with E-state index >= 15 is 0 Å². The second kappa shape index (κ2) is 4.35. The van der Waals surface area contributed by atoms with E-state index in [9.17, 15) is 4.79 Å². The molecule has 0 aliphatic heterocycles. The van der Waals surface area contributed by atoms with E-state index in [2.05, 4.69) is 20.3 Å². The van der Waals surface area contributed by atoms with E-state index < -0.39 is 5.91 Å². The highest BCUT2D eigenvalue weighted by Gasteiger charge is 2.08. The number of aromatic nitrogens is 3. The molecule has 0 bridgehead atoms. The van der Waals surface area contributed by atoms with Crippen LogP contribution < -0.4 is 11.1 Å². The van der Waals surface area contributed by atoms with E-state index in [-0.39, 0.29) is 11.5 Å². The molecule has 0 aromatic carbocycles. The largest absolute Gasteiger partial charge is 0.382 e. The fraction of sp³-hybridized carbons (Fsp3) is 0. The molecule has 3 N–H and O–H groups in total. The summed E-state index contributed by atoms with van der Waals surface area (Å²) < 4.78 is 0. The molecule has 6 heteroatoms. The number of hydrogen-bond donors (Lipinski definition) is 2. The third kappa shape index (κ3) is 2.30. The monoisotopic (exact) mass is 215 g/mol. The molecule has 0 saturated heterocycles. The highest BCUT2D eigenvalue weighted by molar-refractivity contribution is 6.02. The van der Waals surface area contributed by atoms with Gasteiger partial charge in [-0.05, 0) is 12.1 Å².